The number of H-pyrrole nitrogens is 1. The van der Waals surface area contributed by atoms with Gasteiger partial charge in [0.2, 0.25) is 0 Å². The van der Waals surface area contributed by atoms with Crippen LogP contribution in [0.15, 0.2) is 77.3 Å². The molecule has 5 nitrogen and oxygen atoms in total. The lowest BCUT2D eigenvalue weighted by Crippen LogP contribution is -2.36. The Morgan fingerprint density at radius 2 is 1.84 bits per heavy atom. The van der Waals surface area contributed by atoms with Crippen LogP contribution in [-0.4, -0.2) is 23.8 Å². The SMILES string of the molecule is COC(=O)C1=C(C)NC2=C(C(=O)CC(c3ccc(F)cc3)C2)C1c1c[nH]c2ccccc12. The monoisotopic (exact) mass is 430 g/mol. The number of fused-ring (bicyclic) bond motifs is 1. The normalized spacial score (nSPS) is 20.9. The fourth-order valence-corrected chi connectivity index (χ4v) is 5.03. The highest BCUT2D eigenvalue weighted by molar-refractivity contribution is 6.05. The molecule has 0 bridgehead atoms. The number of Topliss-reactive ketones (excluding diaryl/α,β-unsaturated/α-hetero) is 1. The van der Waals surface area contributed by atoms with E-state index in [9.17, 15) is 14.0 Å². The number of methoxy groups -OCH3 is 1. The van der Waals surface area contributed by atoms with E-state index in [-0.39, 0.29) is 17.5 Å². The highest BCUT2D eigenvalue weighted by Crippen LogP contribution is 2.47. The number of halogens is 1. The summed E-state index contributed by atoms with van der Waals surface area (Å²) in [6.45, 7) is 1.84. The summed E-state index contributed by atoms with van der Waals surface area (Å²) in [7, 11) is 1.35. The average molecular weight is 430 g/mol. The van der Waals surface area contributed by atoms with Crippen LogP contribution in [0.2, 0.25) is 0 Å². The van der Waals surface area contributed by atoms with Crippen LogP contribution in [0.25, 0.3) is 10.9 Å². The Kier molecular flexibility index (Phi) is 4.93. The quantitative estimate of drug-likeness (QED) is 0.583. The van der Waals surface area contributed by atoms with Crippen molar-refractivity contribution in [3.8, 4) is 0 Å². The lowest BCUT2D eigenvalue weighted by molar-refractivity contribution is -0.136. The maximum absolute atomic E-state index is 13.5. The molecule has 2 aliphatic rings. The number of carbonyl (C=O) groups is 2. The molecule has 0 saturated heterocycles. The van der Waals surface area contributed by atoms with Gasteiger partial charge in [0.25, 0.3) is 0 Å². The highest BCUT2D eigenvalue weighted by Gasteiger charge is 2.42. The molecular weight excluding hydrogens is 407 g/mol. The Balaban J connectivity index is 1.64. The van der Waals surface area contributed by atoms with Crippen LogP contribution in [0.4, 0.5) is 4.39 Å². The number of para-hydroxylation sites is 1. The van der Waals surface area contributed by atoms with Crippen LogP contribution in [0, 0.1) is 5.82 Å². The van der Waals surface area contributed by atoms with E-state index in [2.05, 4.69) is 10.3 Å². The van der Waals surface area contributed by atoms with Crippen LogP contribution in [-0.2, 0) is 14.3 Å². The summed E-state index contributed by atoms with van der Waals surface area (Å²) >= 11 is 0. The van der Waals surface area contributed by atoms with Gasteiger partial charge >= 0.3 is 5.97 Å². The van der Waals surface area contributed by atoms with Crippen molar-refractivity contribution >= 4 is 22.7 Å². The van der Waals surface area contributed by atoms with E-state index >= 15 is 0 Å². The van der Waals surface area contributed by atoms with Crippen molar-refractivity contribution in [3.05, 3.63) is 94.2 Å². The second-order valence-electron chi connectivity index (χ2n) is 8.35. The predicted molar refractivity (Wildman–Crippen MR) is 119 cm³/mol. The number of rotatable bonds is 3. The van der Waals surface area contributed by atoms with Crippen molar-refractivity contribution in [2.24, 2.45) is 0 Å². The number of esters is 1. The molecule has 6 heteroatoms. The van der Waals surface area contributed by atoms with Gasteiger partial charge in [-0.1, -0.05) is 30.3 Å². The van der Waals surface area contributed by atoms with Crippen LogP contribution in [0.1, 0.15) is 42.7 Å². The number of allylic oxidation sites excluding steroid dienone is 3. The zero-order valence-corrected chi connectivity index (χ0v) is 17.9. The van der Waals surface area contributed by atoms with E-state index in [4.69, 9.17) is 4.74 Å². The van der Waals surface area contributed by atoms with E-state index in [1.54, 1.807) is 12.1 Å². The molecular formula is C26H23FN2O3. The van der Waals surface area contributed by atoms with Gasteiger partial charge in [0, 0.05) is 40.5 Å². The third-order valence-electron chi connectivity index (χ3n) is 6.51. The molecule has 2 N–H and O–H groups in total. The van der Waals surface area contributed by atoms with Crippen LogP contribution in [0.3, 0.4) is 0 Å². The molecule has 0 spiro atoms. The van der Waals surface area contributed by atoms with Crippen molar-refractivity contribution in [2.75, 3.05) is 7.11 Å². The first-order chi connectivity index (χ1) is 15.5. The summed E-state index contributed by atoms with van der Waals surface area (Å²) in [5, 5.41) is 4.29. The smallest absolute Gasteiger partial charge is 0.336 e. The number of nitrogens with one attached hydrogen (secondary N) is 2. The van der Waals surface area contributed by atoms with Gasteiger partial charge in [-0.25, -0.2) is 9.18 Å². The molecule has 2 heterocycles. The minimum absolute atomic E-state index is 0.0164. The molecule has 0 radical (unpaired) electrons. The Morgan fingerprint density at radius 3 is 2.59 bits per heavy atom. The minimum atomic E-state index is -0.517. The number of hydrogen-bond acceptors (Lipinski definition) is 4. The predicted octanol–water partition coefficient (Wildman–Crippen LogP) is 4.84. The largest absolute Gasteiger partial charge is 0.466 e. The van der Waals surface area contributed by atoms with Gasteiger partial charge in [-0.05, 0) is 48.6 Å². The van der Waals surface area contributed by atoms with E-state index in [0.717, 1.165) is 27.7 Å². The third-order valence-corrected chi connectivity index (χ3v) is 6.51. The van der Waals surface area contributed by atoms with E-state index in [0.29, 0.717) is 29.7 Å². The number of carbonyl (C=O) groups excluding carboxylic acids is 2. The average Bonchev–Trinajstić information content (AvgIpc) is 3.22. The number of ketones is 1. The van der Waals surface area contributed by atoms with E-state index in [1.165, 1.54) is 19.2 Å². The van der Waals surface area contributed by atoms with Crippen LogP contribution < -0.4 is 5.32 Å². The van der Waals surface area contributed by atoms with E-state index < -0.39 is 11.9 Å². The van der Waals surface area contributed by atoms with Crippen molar-refractivity contribution in [1.82, 2.24) is 10.3 Å². The van der Waals surface area contributed by atoms with Gasteiger partial charge in [-0.3, -0.25) is 4.79 Å². The zero-order valence-electron chi connectivity index (χ0n) is 17.9. The summed E-state index contributed by atoms with van der Waals surface area (Å²) in [6.07, 6.45) is 2.79. The molecule has 5 rings (SSSR count). The number of dihydropyridines is 1. The fourth-order valence-electron chi connectivity index (χ4n) is 5.03. The summed E-state index contributed by atoms with van der Waals surface area (Å²) in [6, 6.07) is 14.2. The standard InChI is InChI=1S/C26H23FN2O3/c1-14-23(26(31)32-2)24(19-13-28-20-6-4-3-5-18(19)20)25-21(29-14)11-16(12-22(25)30)15-7-9-17(27)10-8-15/h3-10,13,16,24,28-29H,11-12H2,1-2H3. The fraction of sp³-hybridized carbons (Fsp3) is 0.231. The molecule has 2 aromatic carbocycles. The number of ether oxygens (including phenoxy) is 1. The van der Waals surface area contributed by atoms with Gasteiger partial charge in [-0.2, -0.15) is 0 Å². The van der Waals surface area contributed by atoms with Gasteiger partial charge in [0.15, 0.2) is 5.78 Å². The van der Waals surface area contributed by atoms with Crippen molar-refractivity contribution < 1.29 is 18.7 Å². The molecule has 0 saturated carbocycles. The van der Waals surface area contributed by atoms with Gasteiger partial charge in [-0.15, -0.1) is 0 Å². The summed E-state index contributed by atoms with van der Waals surface area (Å²) in [4.78, 5) is 29.6. The molecule has 1 aromatic heterocycles. The molecule has 1 aliphatic carbocycles. The molecule has 2 atom stereocenters. The first kappa shape index (κ1) is 20.2. The van der Waals surface area contributed by atoms with Crippen molar-refractivity contribution in [2.45, 2.75) is 31.6 Å². The maximum atomic E-state index is 13.5. The molecule has 0 amide bonds. The molecule has 1 aliphatic heterocycles. The minimum Gasteiger partial charge on any atom is -0.466 e. The topological polar surface area (TPSA) is 71.2 Å². The maximum Gasteiger partial charge on any atom is 0.336 e. The Labute approximate surface area is 185 Å². The van der Waals surface area contributed by atoms with Gasteiger partial charge < -0.3 is 15.0 Å². The third kappa shape index (κ3) is 3.23. The molecule has 0 fully saturated rings. The molecule has 2 unspecified atom stereocenters. The van der Waals surface area contributed by atoms with Crippen LogP contribution in [0.5, 0.6) is 0 Å². The first-order valence-corrected chi connectivity index (χ1v) is 10.6. The molecule has 3 aromatic rings. The lowest BCUT2D eigenvalue weighted by atomic mass is 9.71. The summed E-state index contributed by atoms with van der Waals surface area (Å²) in [5.41, 5.74) is 5.30. The van der Waals surface area contributed by atoms with E-state index in [1.807, 2.05) is 37.4 Å². The molecule has 32 heavy (non-hydrogen) atoms. The lowest BCUT2D eigenvalue weighted by Gasteiger charge is -2.36. The zero-order chi connectivity index (χ0) is 22.4. The van der Waals surface area contributed by atoms with Gasteiger partial charge in [0.1, 0.15) is 5.82 Å². The van der Waals surface area contributed by atoms with Crippen LogP contribution >= 0.6 is 0 Å². The summed E-state index contributed by atoms with van der Waals surface area (Å²) < 4.78 is 18.5. The number of hydrogen-bond donors (Lipinski definition) is 2. The van der Waals surface area contributed by atoms with Crippen molar-refractivity contribution in [3.63, 3.8) is 0 Å². The number of aromatic amines is 1. The van der Waals surface area contributed by atoms with Crippen molar-refractivity contribution in [1.29, 1.82) is 0 Å². The Hall–Kier alpha value is -3.67. The Morgan fingerprint density at radius 1 is 1.09 bits per heavy atom. The second kappa shape index (κ2) is 7.79. The summed E-state index contributed by atoms with van der Waals surface area (Å²) in [5.74, 6) is -1.34. The van der Waals surface area contributed by atoms with Gasteiger partial charge in [0.05, 0.1) is 18.6 Å². The Bertz CT molecular complexity index is 1300. The highest BCUT2D eigenvalue weighted by atomic mass is 19.1. The first-order valence-electron chi connectivity index (χ1n) is 10.6. The number of aromatic nitrogens is 1. The molecule has 162 valence electrons. The second-order valence-corrected chi connectivity index (χ2v) is 8.35. The number of benzene rings is 2.